The molecule has 0 bridgehead atoms. The third kappa shape index (κ3) is 3.67. The number of nitrogens with zero attached hydrogens (tertiary/aromatic N) is 2. The summed E-state index contributed by atoms with van der Waals surface area (Å²) in [6.07, 6.45) is 0. The minimum absolute atomic E-state index is 0.0658. The highest BCUT2D eigenvalue weighted by Gasteiger charge is 2.17. The molecule has 1 aromatic carbocycles. The van der Waals surface area contributed by atoms with E-state index in [1.807, 2.05) is 43.5 Å². The van der Waals surface area contributed by atoms with Gasteiger partial charge in [0.2, 0.25) is 5.91 Å². The summed E-state index contributed by atoms with van der Waals surface area (Å²) in [6, 6.07) is 5.57. The van der Waals surface area contributed by atoms with Crippen molar-refractivity contribution < 1.29 is 9.53 Å². The molecule has 1 amide bonds. The van der Waals surface area contributed by atoms with E-state index in [4.69, 9.17) is 16.3 Å². The van der Waals surface area contributed by atoms with E-state index < -0.39 is 0 Å². The van der Waals surface area contributed by atoms with Crippen LogP contribution in [0.15, 0.2) is 18.2 Å². The number of alkyl halides is 1. The summed E-state index contributed by atoms with van der Waals surface area (Å²) >= 11 is 5.95. The number of hydrogen-bond acceptors (Lipinski definition) is 3. The van der Waals surface area contributed by atoms with Gasteiger partial charge in [0.25, 0.3) is 0 Å². The van der Waals surface area contributed by atoms with Crippen LogP contribution in [-0.4, -0.2) is 28.1 Å². The first kappa shape index (κ1) is 15.6. The van der Waals surface area contributed by atoms with Crippen molar-refractivity contribution in [2.24, 2.45) is 0 Å². The standard InChI is InChI=1S/C15H20ClN3O2/c1-15(2,3)18-14(20)9-19-12-6-5-10(21-4)7-11(12)17-13(19)8-16/h5-7H,8-9H2,1-4H3,(H,18,20). The highest BCUT2D eigenvalue weighted by molar-refractivity contribution is 6.16. The number of nitrogens with one attached hydrogen (secondary N) is 1. The van der Waals surface area contributed by atoms with Gasteiger partial charge in [-0.3, -0.25) is 4.79 Å². The molecule has 0 saturated carbocycles. The molecule has 0 spiro atoms. The Morgan fingerprint density at radius 3 is 2.71 bits per heavy atom. The number of benzene rings is 1. The summed E-state index contributed by atoms with van der Waals surface area (Å²) in [4.78, 5) is 16.6. The highest BCUT2D eigenvalue weighted by Crippen LogP contribution is 2.22. The summed E-state index contributed by atoms with van der Waals surface area (Å²) in [5.74, 6) is 1.58. The lowest BCUT2D eigenvalue weighted by atomic mass is 10.1. The molecule has 0 atom stereocenters. The van der Waals surface area contributed by atoms with Crippen LogP contribution in [0.5, 0.6) is 5.75 Å². The van der Waals surface area contributed by atoms with Crippen molar-refractivity contribution in [1.82, 2.24) is 14.9 Å². The average Bonchev–Trinajstić information content (AvgIpc) is 2.73. The van der Waals surface area contributed by atoms with Crippen LogP contribution in [0.2, 0.25) is 0 Å². The number of amides is 1. The Kier molecular flexibility index (Phi) is 4.42. The molecular formula is C15H20ClN3O2. The van der Waals surface area contributed by atoms with E-state index in [0.717, 1.165) is 16.8 Å². The van der Waals surface area contributed by atoms with Gasteiger partial charge in [-0.15, -0.1) is 11.6 Å². The number of hydrogen-bond donors (Lipinski definition) is 1. The zero-order valence-corrected chi connectivity index (χ0v) is 13.5. The topological polar surface area (TPSA) is 56.2 Å². The van der Waals surface area contributed by atoms with Gasteiger partial charge in [-0.25, -0.2) is 4.98 Å². The smallest absolute Gasteiger partial charge is 0.240 e. The van der Waals surface area contributed by atoms with Crippen LogP contribution in [-0.2, 0) is 17.2 Å². The minimum Gasteiger partial charge on any atom is -0.497 e. The van der Waals surface area contributed by atoms with Gasteiger partial charge in [0.15, 0.2) is 0 Å². The second kappa shape index (κ2) is 5.93. The molecule has 21 heavy (non-hydrogen) atoms. The number of halogens is 1. The Bertz CT molecular complexity index is 659. The van der Waals surface area contributed by atoms with E-state index in [1.165, 1.54) is 0 Å². The molecule has 1 N–H and O–H groups in total. The predicted molar refractivity (Wildman–Crippen MR) is 83.7 cm³/mol. The quantitative estimate of drug-likeness (QED) is 0.884. The predicted octanol–water partition coefficient (Wildman–Crippen LogP) is 2.70. The molecule has 0 radical (unpaired) electrons. The lowest BCUT2D eigenvalue weighted by Gasteiger charge is -2.21. The Morgan fingerprint density at radius 1 is 1.43 bits per heavy atom. The largest absolute Gasteiger partial charge is 0.497 e. The van der Waals surface area contributed by atoms with Crippen LogP contribution in [0.3, 0.4) is 0 Å². The number of fused-ring (bicyclic) bond motifs is 1. The van der Waals surface area contributed by atoms with Crippen molar-refractivity contribution in [3.63, 3.8) is 0 Å². The second-order valence-corrected chi connectivity index (χ2v) is 6.17. The van der Waals surface area contributed by atoms with Crippen LogP contribution in [0, 0.1) is 0 Å². The lowest BCUT2D eigenvalue weighted by molar-refractivity contribution is -0.123. The van der Waals surface area contributed by atoms with Crippen LogP contribution in [0.1, 0.15) is 26.6 Å². The SMILES string of the molecule is COc1ccc2c(c1)nc(CCl)n2CC(=O)NC(C)(C)C. The van der Waals surface area contributed by atoms with Crippen molar-refractivity contribution in [2.45, 2.75) is 38.7 Å². The first-order valence-corrected chi connectivity index (χ1v) is 7.27. The molecule has 0 aliphatic heterocycles. The van der Waals surface area contributed by atoms with Gasteiger partial charge in [-0.05, 0) is 32.9 Å². The van der Waals surface area contributed by atoms with Gasteiger partial charge in [0, 0.05) is 11.6 Å². The van der Waals surface area contributed by atoms with Crippen molar-refractivity contribution in [1.29, 1.82) is 0 Å². The van der Waals surface area contributed by atoms with E-state index in [0.29, 0.717) is 5.82 Å². The third-order valence-corrected chi connectivity index (χ3v) is 3.21. The zero-order valence-electron chi connectivity index (χ0n) is 12.7. The highest BCUT2D eigenvalue weighted by atomic mass is 35.5. The monoisotopic (exact) mass is 309 g/mol. The van der Waals surface area contributed by atoms with Gasteiger partial charge >= 0.3 is 0 Å². The van der Waals surface area contributed by atoms with Crippen molar-refractivity contribution in [2.75, 3.05) is 7.11 Å². The normalized spacial score (nSPS) is 11.7. The number of aromatic nitrogens is 2. The van der Waals surface area contributed by atoms with E-state index in [-0.39, 0.29) is 23.9 Å². The summed E-state index contributed by atoms with van der Waals surface area (Å²) in [6.45, 7) is 6.04. The van der Waals surface area contributed by atoms with Crippen LogP contribution >= 0.6 is 11.6 Å². The Morgan fingerprint density at radius 2 is 2.14 bits per heavy atom. The number of rotatable bonds is 4. The Hall–Kier alpha value is -1.75. The van der Waals surface area contributed by atoms with Crippen molar-refractivity contribution >= 4 is 28.5 Å². The molecule has 0 saturated heterocycles. The first-order chi connectivity index (χ1) is 9.84. The summed E-state index contributed by atoms with van der Waals surface area (Å²) in [7, 11) is 1.61. The fraction of sp³-hybridized carbons (Fsp3) is 0.467. The molecule has 2 rings (SSSR count). The fourth-order valence-corrected chi connectivity index (χ4v) is 2.37. The second-order valence-electron chi connectivity index (χ2n) is 5.90. The molecular weight excluding hydrogens is 290 g/mol. The first-order valence-electron chi connectivity index (χ1n) is 6.74. The van der Waals surface area contributed by atoms with Crippen molar-refractivity contribution in [3.8, 4) is 5.75 Å². The summed E-state index contributed by atoms with van der Waals surface area (Å²) < 4.78 is 7.03. The van der Waals surface area contributed by atoms with E-state index in [9.17, 15) is 4.79 Å². The molecule has 114 valence electrons. The zero-order chi connectivity index (χ0) is 15.6. The van der Waals surface area contributed by atoms with Crippen LogP contribution < -0.4 is 10.1 Å². The molecule has 0 fully saturated rings. The van der Waals surface area contributed by atoms with Gasteiger partial charge in [0.1, 0.15) is 18.1 Å². The van der Waals surface area contributed by atoms with Crippen LogP contribution in [0.4, 0.5) is 0 Å². The molecule has 0 unspecified atom stereocenters. The maximum absolute atomic E-state index is 12.1. The lowest BCUT2D eigenvalue weighted by Crippen LogP contribution is -2.42. The molecule has 5 nitrogen and oxygen atoms in total. The molecule has 1 aromatic heterocycles. The summed E-state index contributed by atoms with van der Waals surface area (Å²) in [5, 5.41) is 2.94. The average molecular weight is 310 g/mol. The maximum atomic E-state index is 12.1. The van der Waals surface area contributed by atoms with Gasteiger partial charge in [-0.1, -0.05) is 0 Å². The van der Waals surface area contributed by atoms with E-state index >= 15 is 0 Å². The molecule has 2 aromatic rings. The number of ether oxygens (including phenoxy) is 1. The molecule has 0 aliphatic carbocycles. The Balaban J connectivity index is 2.36. The number of methoxy groups -OCH3 is 1. The van der Waals surface area contributed by atoms with E-state index in [2.05, 4.69) is 10.3 Å². The third-order valence-electron chi connectivity index (χ3n) is 2.97. The van der Waals surface area contributed by atoms with Gasteiger partial charge in [-0.2, -0.15) is 0 Å². The number of carbonyl (C=O) groups excluding carboxylic acids is 1. The van der Waals surface area contributed by atoms with E-state index in [1.54, 1.807) is 7.11 Å². The Labute approximate surface area is 129 Å². The minimum atomic E-state index is -0.266. The van der Waals surface area contributed by atoms with Gasteiger partial charge in [0.05, 0.1) is 24.0 Å². The van der Waals surface area contributed by atoms with Crippen molar-refractivity contribution in [3.05, 3.63) is 24.0 Å². The summed E-state index contributed by atoms with van der Waals surface area (Å²) in [5.41, 5.74) is 1.38. The van der Waals surface area contributed by atoms with Gasteiger partial charge < -0.3 is 14.6 Å². The number of imidazole rings is 1. The number of carbonyl (C=O) groups is 1. The maximum Gasteiger partial charge on any atom is 0.240 e. The molecule has 0 aliphatic rings. The molecule has 1 heterocycles. The molecule has 6 heteroatoms. The fourth-order valence-electron chi connectivity index (χ4n) is 2.17. The van der Waals surface area contributed by atoms with Crippen LogP contribution in [0.25, 0.3) is 11.0 Å².